The number of ether oxygens (including phenoxy) is 3. The lowest BCUT2D eigenvalue weighted by Crippen LogP contribution is -2.55. The molecule has 9 nitrogen and oxygen atoms in total. The van der Waals surface area contributed by atoms with Crippen LogP contribution in [0.4, 0.5) is 9.18 Å². The van der Waals surface area contributed by atoms with Crippen LogP contribution in [0, 0.1) is 12.7 Å². The molecule has 3 amide bonds. The van der Waals surface area contributed by atoms with Crippen molar-refractivity contribution in [2.75, 3.05) is 26.3 Å². The molecule has 0 aliphatic carbocycles. The second-order valence-electron chi connectivity index (χ2n) is 9.16. The van der Waals surface area contributed by atoms with Crippen LogP contribution in [0.1, 0.15) is 28.9 Å². The molecule has 5 rings (SSSR count). The van der Waals surface area contributed by atoms with Crippen molar-refractivity contribution in [1.82, 2.24) is 20.5 Å². The van der Waals surface area contributed by atoms with Gasteiger partial charge in [0.05, 0.1) is 24.9 Å². The monoisotopic (exact) mass is 484 g/mol. The Morgan fingerprint density at radius 3 is 2.71 bits per heavy atom. The molecule has 1 aromatic heterocycles. The number of urea groups is 1. The van der Waals surface area contributed by atoms with Gasteiger partial charge in [-0.2, -0.15) is 0 Å². The molecule has 1 aromatic carbocycles. The van der Waals surface area contributed by atoms with Gasteiger partial charge in [-0.15, -0.1) is 0 Å². The topological polar surface area (TPSA) is 102 Å². The van der Waals surface area contributed by atoms with E-state index in [-0.39, 0.29) is 48.2 Å². The Morgan fingerprint density at radius 2 is 1.91 bits per heavy atom. The molecule has 0 radical (unpaired) electrons. The predicted molar refractivity (Wildman–Crippen MR) is 124 cm³/mol. The molecule has 3 fully saturated rings. The fourth-order valence-corrected chi connectivity index (χ4v) is 4.90. The van der Waals surface area contributed by atoms with Crippen LogP contribution >= 0.6 is 0 Å². The number of carbonyl (C=O) groups excluding carboxylic acids is 2. The zero-order valence-electron chi connectivity index (χ0n) is 19.5. The number of aryl methyl sites for hydroxylation is 1. The van der Waals surface area contributed by atoms with Crippen LogP contribution in [0.15, 0.2) is 42.6 Å². The van der Waals surface area contributed by atoms with Crippen molar-refractivity contribution in [2.24, 2.45) is 0 Å². The normalized spacial score (nSPS) is 27.8. The number of hydrogen-bond donors (Lipinski definition) is 2. The molecule has 35 heavy (non-hydrogen) atoms. The number of benzene rings is 1. The van der Waals surface area contributed by atoms with Crippen LogP contribution in [-0.4, -0.2) is 78.5 Å². The van der Waals surface area contributed by atoms with E-state index in [0.717, 1.165) is 18.5 Å². The molecule has 3 saturated heterocycles. The van der Waals surface area contributed by atoms with Gasteiger partial charge in [0.1, 0.15) is 23.8 Å². The summed E-state index contributed by atoms with van der Waals surface area (Å²) < 4.78 is 31.1. The fraction of sp³-hybridized carbons (Fsp3) is 0.480. The van der Waals surface area contributed by atoms with E-state index < -0.39 is 0 Å². The lowest BCUT2D eigenvalue weighted by atomic mass is 10.0. The number of fused-ring (bicyclic) bond motifs is 1. The number of likely N-dealkylation sites (tertiary alicyclic amines) is 1. The van der Waals surface area contributed by atoms with Gasteiger partial charge in [-0.25, -0.2) is 9.18 Å². The third-order valence-electron chi connectivity index (χ3n) is 6.70. The largest absolute Gasteiger partial charge is 0.483 e. The highest BCUT2D eigenvalue weighted by Gasteiger charge is 2.49. The van der Waals surface area contributed by atoms with Crippen LogP contribution < -0.4 is 15.4 Å². The van der Waals surface area contributed by atoms with E-state index in [0.29, 0.717) is 37.6 Å². The molecular weight excluding hydrogens is 455 g/mol. The van der Waals surface area contributed by atoms with Gasteiger partial charge in [0, 0.05) is 30.9 Å². The van der Waals surface area contributed by atoms with Gasteiger partial charge in [-0.1, -0.05) is 0 Å². The minimum Gasteiger partial charge on any atom is -0.483 e. The Kier molecular flexibility index (Phi) is 6.83. The number of aromatic nitrogens is 1. The van der Waals surface area contributed by atoms with Crippen LogP contribution in [0.5, 0.6) is 5.75 Å². The SMILES string of the molecule is Cc1ncccc1O[C@H]1CO[C@H]2[C@@H]1OC[C@@H]2NC(=O)NC1CCCN(C(=O)c2ccc(F)cc2)C1. The van der Waals surface area contributed by atoms with Crippen LogP contribution in [0.2, 0.25) is 0 Å². The van der Waals surface area contributed by atoms with E-state index in [1.54, 1.807) is 11.1 Å². The zero-order valence-corrected chi connectivity index (χ0v) is 19.5. The maximum atomic E-state index is 13.2. The van der Waals surface area contributed by atoms with Crippen LogP contribution in [0.3, 0.4) is 0 Å². The predicted octanol–water partition coefficient (Wildman–Crippen LogP) is 2.05. The Morgan fingerprint density at radius 1 is 1.11 bits per heavy atom. The number of pyridine rings is 1. The summed E-state index contributed by atoms with van der Waals surface area (Å²) in [5.41, 5.74) is 1.23. The van der Waals surface area contributed by atoms with Crippen LogP contribution in [0.25, 0.3) is 0 Å². The quantitative estimate of drug-likeness (QED) is 0.674. The number of carbonyl (C=O) groups is 2. The average Bonchev–Trinajstić information content (AvgIpc) is 3.44. The second-order valence-corrected chi connectivity index (χ2v) is 9.16. The molecule has 0 bridgehead atoms. The number of piperidine rings is 1. The van der Waals surface area contributed by atoms with Crippen molar-refractivity contribution in [1.29, 1.82) is 0 Å². The van der Waals surface area contributed by atoms with E-state index >= 15 is 0 Å². The fourth-order valence-electron chi connectivity index (χ4n) is 4.90. The van der Waals surface area contributed by atoms with Gasteiger partial charge in [0.25, 0.3) is 5.91 Å². The van der Waals surface area contributed by atoms with Crippen molar-refractivity contribution in [3.63, 3.8) is 0 Å². The van der Waals surface area contributed by atoms with Crippen molar-refractivity contribution in [3.8, 4) is 5.75 Å². The molecule has 3 aliphatic rings. The Hall–Kier alpha value is -3.24. The molecule has 2 aromatic rings. The maximum Gasteiger partial charge on any atom is 0.315 e. The highest BCUT2D eigenvalue weighted by atomic mass is 19.1. The van der Waals surface area contributed by atoms with Gasteiger partial charge in [0.2, 0.25) is 0 Å². The molecule has 10 heteroatoms. The summed E-state index contributed by atoms with van der Waals surface area (Å²) in [5, 5.41) is 5.94. The summed E-state index contributed by atoms with van der Waals surface area (Å²) in [6.07, 6.45) is 2.40. The first-order valence-electron chi connectivity index (χ1n) is 11.9. The molecule has 1 unspecified atom stereocenters. The Balaban J connectivity index is 1.12. The summed E-state index contributed by atoms with van der Waals surface area (Å²) in [7, 11) is 0. The summed E-state index contributed by atoms with van der Waals surface area (Å²) in [6, 6.07) is 8.38. The molecule has 0 spiro atoms. The summed E-state index contributed by atoms with van der Waals surface area (Å²) in [6.45, 7) is 3.57. The lowest BCUT2D eigenvalue weighted by molar-refractivity contribution is 0.0299. The molecule has 0 saturated carbocycles. The van der Waals surface area contributed by atoms with Gasteiger partial charge < -0.3 is 29.7 Å². The van der Waals surface area contributed by atoms with Gasteiger partial charge in [-0.05, 0) is 56.2 Å². The summed E-state index contributed by atoms with van der Waals surface area (Å²) in [4.78, 5) is 31.4. The Bertz CT molecular complexity index is 1070. The van der Waals surface area contributed by atoms with E-state index in [1.807, 2.05) is 19.1 Å². The first kappa shape index (κ1) is 23.5. The standard InChI is InChI=1S/C25H29FN4O5/c1-15-20(5-2-10-27-15)35-21-14-34-22-19(13-33-23(21)22)29-25(32)28-18-4-3-11-30(12-18)24(31)16-6-8-17(26)9-7-16/h2,5-10,18-19,21-23H,3-4,11-14H2,1H3,(H2,28,29,32)/t18?,19-,21-,22+,23+/m0/s1. The van der Waals surface area contributed by atoms with E-state index in [4.69, 9.17) is 14.2 Å². The number of rotatable bonds is 5. The number of hydrogen-bond acceptors (Lipinski definition) is 6. The molecule has 5 atom stereocenters. The van der Waals surface area contributed by atoms with Gasteiger partial charge in [0.15, 0.2) is 6.10 Å². The molecule has 2 N–H and O–H groups in total. The van der Waals surface area contributed by atoms with Crippen molar-refractivity contribution < 1.29 is 28.2 Å². The molecular formula is C25H29FN4O5. The number of nitrogens with one attached hydrogen (secondary N) is 2. The zero-order chi connectivity index (χ0) is 24.4. The average molecular weight is 485 g/mol. The first-order chi connectivity index (χ1) is 17.0. The van der Waals surface area contributed by atoms with Crippen molar-refractivity contribution in [3.05, 3.63) is 59.7 Å². The molecule has 186 valence electrons. The third-order valence-corrected chi connectivity index (χ3v) is 6.70. The lowest BCUT2D eigenvalue weighted by Gasteiger charge is -2.33. The van der Waals surface area contributed by atoms with Crippen molar-refractivity contribution >= 4 is 11.9 Å². The highest BCUT2D eigenvalue weighted by Crippen LogP contribution is 2.30. The summed E-state index contributed by atoms with van der Waals surface area (Å²) in [5.74, 6) is 0.139. The van der Waals surface area contributed by atoms with Crippen LogP contribution in [-0.2, 0) is 9.47 Å². The highest BCUT2D eigenvalue weighted by molar-refractivity contribution is 5.94. The number of nitrogens with zero attached hydrogens (tertiary/aromatic N) is 2. The minimum absolute atomic E-state index is 0.168. The Labute approximate surface area is 202 Å². The number of amides is 3. The van der Waals surface area contributed by atoms with E-state index in [2.05, 4.69) is 15.6 Å². The maximum absolute atomic E-state index is 13.2. The molecule has 3 aliphatic heterocycles. The van der Waals surface area contributed by atoms with Crippen molar-refractivity contribution in [2.45, 2.75) is 50.2 Å². The minimum atomic E-state index is -0.383. The van der Waals surface area contributed by atoms with Gasteiger partial charge in [-0.3, -0.25) is 9.78 Å². The number of halogens is 1. The first-order valence-corrected chi connectivity index (χ1v) is 11.9. The third kappa shape index (κ3) is 5.23. The molecule has 4 heterocycles. The summed E-state index contributed by atoms with van der Waals surface area (Å²) >= 11 is 0. The smallest absolute Gasteiger partial charge is 0.315 e. The van der Waals surface area contributed by atoms with E-state index in [1.165, 1.54) is 24.3 Å². The van der Waals surface area contributed by atoms with Gasteiger partial charge >= 0.3 is 6.03 Å². The second kappa shape index (κ2) is 10.2. The van der Waals surface area contributed by atoms with E-state index in [9.17, 15) is 14.0 Å².